The molecule has 0 bridgehead atoms. The molecule has 0 saturated carbocycles. The summed E-state index contributed by atoms with van der Waals surface area (Å²) >= 11 is 12.9. The van der Waals surface area contributed by atoms with Crippen LogP contribution < -0.4 is 5.43 Å². The summed E-state index contributed by atoms with van der Waals surface area (Å²) < 4.78 is 0. The number of hydrogen-bond donors (Lipinski definition) is 2. The smallest absolute Gasteiger partial charge is 0.283 e. The molecule has 0 fully saturated rings. The van der Waals surface area contributed by atoms with Crippen molar-refractivity contribution in [2.24, 2.45) is 5.10 Å². The van der Waals surface area contributed by atoms with E-state index < -0.39 is 0 Å². The lowest BCUT2D eigenvalue weighted by atomic mass is 10.2. The maximum atomic E-state index is 11.9. The minimum absolute atomic E-state index is 0.115. The molecule has 2 aromatic rings. The van der Waals surface area contributed by atoms with E-state index in [-0.39, 0.29) is 16.7 Å². The van der Waals surface area contributed by atoms with E-state index in [2.05, 4.69) is 15.5 Å². The minimum atomic E-state index is -0.359. The number of aromatic nitrogens is 1. The monoisotopic (exact) mass is 343 g/mol. The van der Waals surface area contributed by atoms with Crippen LogP contribution in [0.4, 0.5) is 0 Å². The maximum Gasteiger partial charge on any atom is 0.283 e. The van der Waals surface area contributed by atoms with E-state index in [9.17, 15) is 9.90 Å². The van der Waals surface area contributed by atoms with Gasteiger partial charge in [0.2, 0.25) is 0 Å². The minimum Gasteiger partial charge on any atom is -0.506 e. The SMILES string of the molecule is Cc1nc(C)c(C(=O)NN=Cc2cc(Cl)cc(Cl)c2O)s1. The Labute approximate surface area is 135 Å². The van der Waals surface area contributed by atoms with E-state index in [1.54, 1.807) is 6.92 Å². The van der Waals surface area contributed by atoms with Crippen molar-refractivity contribution in [2.45, 2.75) is 13.8 Å². The number of hydrazone groups is 1. The first-order chi connectivity index (χ1) is 9.88. The highest BCUT2D eigenvalue weighted by Gasteiger charge is 2.13. The van der Waals surface area contributed by atoms with Gasteiger partial charge < -0.3 is 5.11 Å². The summed E-state index contributed by atoms with van der Waals surface area (Å²) in [6.45, 7) is 3.58. The van der Waals surface area contributed by atoms with Crippen LogP contribution in [0, 0.1) is 13.8 Å². The standard InChI is InChI=1S/C13H11Cl2N3O2S/c1-6-12(21-7(2)17-6)13(20)18-16-5-8-3-9(14)4-10(15)11(8)19/h3-5,19H,1-2H3,(H,18,20). The number of aromatic hydroxyl groups is 1. The second kappa shape index (κ2) is 6.43. The van der Waals surface area contributed by atoms with Gasteiger partial charge in [0.1, 0.15) is 10.6 Å². The quantitative estimate of drug-likeness (QED) is 0.661. The average Bonchev–Trinajstić information content (AvgIpc) is 2.74. The predicted molar refractivity (Wildman–Crippen MR) is 84.8 cm³/mol. The van der Waals surface area contributed by atoms with Crippen LogP contribution in [-0.4, -0.2) is 22.2 Å². The highest BCUT2D eigenvalue weighted by molar-refractivity contribution is 7.13. The van der Waals surface area contributed by atoms with Crippen LogP contribution in [0.15, 0.2) is 17.2 Å². The molecule has 8 heteroatoms. The highest BCUT2D eigenvalue weighted by atomic mass is 35.5. The Morgan fingerprint density at radius 3 is 2.76 bits per heavy atom. The molecular weight excluding hydrogens is 333 g/mol. The van der Waals surface area contributed by atoms with Crippen molar-refractivity contribution in [2.75, 3.05) is 0 Å². The Morgan fingerprint density at radius 1 is 1.43 bits per heavy atom. The molecule has 0 aliphatic carbocycles. The number of aryl methyl sites for hydroxylation is 2. The molecule has 0 radical (unpaired) electrons. The normalized spacial score (nSPS) is 11.0. The molecule has 2 N–H and O–H groups in total. The van der Waals surface area contributed by atoms with Gasteiger partial charge in [-0.25, -0.2) is 10.4 Å². The Bertz CT molecular complexity index is 728. The molecule has 1 aromatic heterocycles. The first-order valence-corrected chi connectivity index (χ1v) is 7.41. The number of thiazole rings is 1. The van der Waals surface area contributed by atoms with Crippen molar-refractivity contribution >= 4 is 46.7 Å². The van der Waals surface area contributed by atoms with Gasteiger partial charge in [-0.1, -0.05) is 23.2 Å². The van der Waals surface area contributed by atoms with Crippen molar-refractivity contribution in [1.82, 2.24) is 10.4 Å². The number of phenolic OH excluding ortho intramolecular Hbond substituents is 1. The summed E-state index contributed by atoms with van der Waals surface area (Å²) in [6.07, 6.45) is 1.27. The summed E-state index contributed by atoms with van der Waals surface area (Å²) in [6, 6.07) is 2.90. The van der Waals surface area contributed by atoms with Crippen molar-refractivity contribution in [1.29, 1.82) is 0 Å². The van der Waals surface area contributed by atoms with Crippen LogP contribution in [0.5, 0.6) is 5.75 Å². The molecule has 1 aromatic carbocycles. The Kier molecular flexibility index (Phi) is 4.82. The summed E-state index contributed by atoms with van der Waals surface area (Å²) in [7, 11) is 0. The van der Waals surface area contributed by atoms with Crippen LogP contribution in [0.1, 0.15) is 25.9 Å². The maximum absolute atomic E-state index is 11.9. The lowest BCUT2D eigenvalue weighted by Crippen LogP contribution is -2.17. The number of carbonyl (C=O) groups is 1. The van der Waals surface area contributed by atoms with E-state index in [1.165, 1.54) is 29.7 Å². The number of nitrogens with zero attached hydrogens (tertiary/aromatic N) is 2. The fourth-order valence-corrected chi connectivity index (χ4v) is 2.96. The van der Waals surface area contributed by atoms with Crippen LogP contribution >= 0.6 is 34.5 Å². The molecule has 0 saturated heterocycles. The average molecular weight is 344 g/mol. The molecule has 0 atom stereocenters. The number of amides is 1. The number of benzene rings is 1. The lowest BCUT2D eigenvalue weighted by Gasteiger charge is -2.02. The van der Waals surface area contributed by atoms with E-state index >= 15 is 0 Å². The van der Waals surface area contributed by atoms with Gasteiger partial charge in [0.15, 0.2) is 0 Å². The van der Waals surface area contributed by atoms with Gasteiger partial charge in [-0.05, 0) is 26.0 Å². The second-order valence-electron chi connectivity index (χ2n) is 4.17. The van der Waals surface area contributed by atoms with Gasteiger partial charge in [-0.2, -0.15) is 5.10 Å². The van der Waals surface area contributed by atoms with Gasteiger partial charge in [0, 0.05) is 10.6 Å². The summed E-state index contributed by atoms with van der Waals surface area (Å²) in [5, 5.41) is 14.8. The molecule has 0 unspecified atom stereocenters. The van der Waals surface area contributed by atoms with Crippen LogP contribution in [-0.2, 0) is 0 Å². The van der Waals surface area contributed by atoms with E-state index in [0.29, 0.717) is 21.2 Å². The summed E-state index contributed by atoms with van der Waals surface area (Å²) in [5.74, 6) is -0.508. The first kappa shape index (κ1) is 15.8. The number of carbonyl (C=O) groups excluding carboxylic acids is 1. The molecule has 1 amide bonds. The molecule has 0 spiro atoms. The Balaban J connectivity index is 2.13. The van der Waals surface area contributed by atoms with Gasteiger partial charge in [0.05, 0.1) is 21.9 Å². The van der Waals surface area contributed by atoms with Gasteiger partial charge in [-0.15, -0.1) is 11.3 Å². The van der Waals surface area contributed by atoms with E-state index in [0.717, 1.165) is 5.01 Å². The number of hydrogen-bond acceptors (Lipinski definition) is 5. The zero-order valence-corrected chi connectivity index (χ0v) is 13.5. The molecular formula is C13H11Cl2N3O2S. The zero-order valence-electron chi connectivity index (χ0n) is 11.1. The Morgan fingerprint density at radius 2 is 2.14 bits per heavy atom. The molecule has 5 nitrogen and oxygen atoms in total. The van der Waals surface area contributed by atoms with Crippen LogP contribution in [0.2, 0.25) is 10.0 Å². The lowest BCUT2D eigenvalue weighted by molar-refractivity contribution is 0.0958. The molecule has 110 valence electrons. The third kappa shape index (κ3) is 3.72. The number of phenols is 1. The van der Waals surface area contributed by atoms with Gasteiger partial charge >= 0.3 is 0 Å². The van der Waals surface area contributed by atoms with Crippen molar-refractivity contribution in [3.63, 3.8) is 0 Å². The second-order valence-corrected chi connectivity index (χ2v) is 6.22. The number of nitrogens with one attached hydrogen (secondary N) is 1. The molecule has 0 aliphatic heterocycles. The molecule has 1 heterocycles. The summed E-state index contributed by atoms with van der Waals surface area (Å²) in [4.78, 5) is 16.6. The van der Waals surface area contributed by atoms with Gasteiger partial charge in [-0.3, -0.25) is 4.79 Å². The third-order valence-electron chi connectivity index (χ3n) is 2.54. The Hall–Kier alpha value is -1.63. The third-order valence-corrected chi connectivity index (χ3v) is 4.12. The summed E-state index contributed by atoms with van der Waals surface area (Å²) in [5.41, 5.74) is 3.33. The fourth-order valence-electron chi connectivity index (χ4n) is 1.64. The number of rotatable bonds is 3. The van der Waals surface area contributed by atoms with Crippen molar-refractivity contribution < 1.29 is 9.90 Å². The van der Waals surface area contributed by atoms with Gasteiger partial charge in [0.25, 0.3) is 5.91 Å². The van der Waals surface area contributed by atoms with E-state index in [4.69, 9.17) is 23.2 Å². The largest absolute Gasteiger partial charge is 0.506 e. The first-order valence-electron chi connectivity index (χ1n) is 5.84. The topological polar surface area (TPSA) is 74.6 Å². The molecule has 0 aliphatic rings. The van der Waals surface area contributed by atoms with Crippen molar-refractivity contribution in [3.8, 4) is 5.75 Å². The predicted octanol–water partition coefficient (Wildman–Crippen LogP) is 3.54. The van der Waals surface area contributed by atoms with Crippen LogP contribution in [0.3, 0.4) is 0 Å². The van der Waals surface area contributed by atoms with E-state index in [1.807, 2.05) is 6.92 Å². The van der Waals surface area contributed by atoms with Crippen LogP contribution in [0.25, 0.3) is 0 Å². The highest BCUT2D eigenvalue weighted by Crippen LogP contribution is 2.29. The van der Waals surface area contributed by atoms with Crippen molar-refractivity contribution in [3.05, 3.63) is 43.3 Å². The molecule has 21 heavy (non-hydrogen) atoms. The zero-order chi connectivity index (χ0) is 15.6. The molecule has 2 rings (SSSR count). The fraction of sp³-hybridized carbons (Fsp3) is 0.154. The number of halogens is 2.